The molecule has 0 bridgehead atoms. The molecule has 0 saturated heterocycles. The summed E-state index contributed by atoms with van der Waals surface area (Å²) in [5, 5.41) is 13.1. The number of hydrogen-bond donors (Lipinski definition) is 3. The summed E-state index contributed by atoms with van der Waals surface area (Å²) in [5.41, 5.74) is 6.12. The Morgan fingerprint density at radius 2 is 2.36 bits per heavy atom. The fraction of sp³-hybridized carbons (Fsp3) is 0.500. The van der Waals surface area contributed by atoms with Gasteiger partial charge in [-0.2, -0.15) is 0 Å². The van der Waals surface area contributed by atoms with Gasteiger partial charge in [0.15, 0.2) is 0 Å². The fourth-order valence-electron chi connectivity index (χ4n) is 1.36. The summed E-state index contributed by atoms with van der Waals surface area (Å²) in [4.78, 5) is 3.96. The van der Waals surface area contributed by atoms with Crippen molar-refractivity contribution in [1.29, 1.82) is 0 Å². The maximum atomic E-state index is 10.1. The van der Waals surface area contributed by atoms with Crippen molar-refractivity contribution in [1.82, 2.24) is 10.3 Å². The van der Waals surface area contributed by atoms with Crippen LogP contribution in [0.3, 0.4) is 0 Å². The second-order valence-electron chi connectivity index (χ2n) is 3.59. The average molecular weight is 195 g/mol. The molecule has 0 aliphatic heterocycles. The Hall–Kier alpha value is -1.13. The number of anilines is 1. The quantitative estimate of drug-likeness (QED) is 0.653. The van der Waals surface area contributed by atoms with E-state index in [0.717, 1.165) is 6.54 Å². The van der Waals surface area contributed by atoms with Gasteiger partial charge in [-0.3, -0.25) is 4.98 Å². The van der Waals surface area contributed by atoms with E-state index in [1.807, 2.05) is 7.05 Å². The van der Waals surface area contributed by atoms with Gasteiger partial charge in [0.25, 0.3) is 0 Å². The number of nitrogen functional groups attached to an aromatic ring is 1. The molecule has 0 aliphatic rings. The van der Waals surface area contributed by atoms with Crippen LogP contribution in [0.15, 0.2) is 18.5 Å². The van der Waals surface area contributed by atoms with Crippen LogP contribution in [0.25, 0.3) is 0 Å². The standard InChI is InChI=1S/C10H17N3O/c1-10(14,4-6-12-2)8-7-13-5-3-9(8)11/h3,5,7,12,14H,4,6H2,1-2H3,(H2,11,13). The second kappa shape index (κ2) is 4.39. The predicted molar refractivity (Wildman–Crippen MR) is 56.8 cm³/mol. The minimum atomic E-state index is -0.915. The molecule has 1 aromatic rings. The highest BCUT2D eigenvalue weighted by Gasteiger charge is 2.24. The maximum absolute atomic E-state index is 10.1. The lowest BCUT2D eigenvalue weighted by Crippen LogP contribution is -2.27. The fourth-order valence-corrected chi connectivity index (χ4v) is 1.36. The molecule has 0 saturated carbocycles. The van der Waals surface area contributed by atoms with E-state index in [9.17, 15) is 5.11 Å². The number of nitrogens with zero attached hydrogens (tertiary/aromatic N) is 1. The van der Waals surface area contributed by atoms with Crippen LogP contribution < -0.4 is 11.1 Å². The summed E-state index contributed by atoms with van der Waals surface area (Å²) in [6, 6.07) is 1.70. The highest BCUT2D eigenvalue weighted by atomic mass is 16.3. The summed E-state index contributed by atoms with van der Waals surface area (Å²) in [7, 11) is 1.85. The van der Waals surface area contributed by atoms with E-state index in [1.165, 1.54) is 0 Å². The molecule has 1 aromatic heterocycles. The number of nitrogens with two attached hydrogens (primary N) is 1. The van der Waals surface area contributed by atoms with Gasteiger partial charge in [0.2, 0.25) is 0 Å². The number of rotatable bonds is 4. The molecule has 1 heterocycles. The van der Waals surface area contributed by atoms with Gasteiger partial charge in [-0.15, -0.1) is 0 Å². The zero-order chi connectivity index (χ0) is 10.6. The minimum absolute atomic E-state index is 0.584. The highest BCUT2D eigenvalue weighted by molar-refractivity contribution is 5.47. The maximum Gasteiger partial charge on any atom is 0.0915 e. The number of hydrogen-bond acceptors (Lipinski definition) is 4. The molecule has 0 amide bonds. The number of aromatic nitrogens is 1. The average Bonchev–Trinajstić information content (AvgIpc) is 2.15. The Bertz CT molecular complexity index is 299. The van der Waals surface area contributed by atoms with Crippen molar-refractivity contribution in [3.63, 3.8) is 0 Å². The van der Waals surface area contributed by atoms with Gasteiger partial charge < -0.3 is 16.2 Å². The molecule has 0 fully saturated rings. The SMILES string of the molecule is CNCCC(C)(O)c1cnccc1N. The monoisotopic (exact) mass is 195 g/mol. The van der Waals surface area contributed by atoms with Crippen LogP contribution in [-0.2, 0) is 5.60 Å². The first-order valence-electron chi connectivity index (χ1n) is 4.65. The molecule has 0 aliphatic carbocycles. The van der Waals surface area contributed by atoms with Crippen molar-refractivity contribution in [3.8, 4) is 0 Å². The third-order valence-corrected chi connectivity index (χ3v) is 2.30. The van der Waals surface area contributed by atoms with Crippen molar-refractivity contribution in [2.24, 2.45) is 0 Å². The van der Waals surface area contributed by atoms with Crippen LogP contribution in [0.4, 0.5) is 5.69 Å². The number of aliphatic hydroxyl groups is 1. The van der Waals surface area contributed by atoms with Crippen molar-refractivity contribution in [2.75, 3.05) is 19.3 Å². The van der Waals surface area contributed by atoms with Crippen LogP contribution >= 0.6 is 0 Å². The minimum Gasteiger partial charge on any atom is -0.398 e. The first kappa shape index (κ1) is 10.9. The molecule has 4 heteroatoms. The van der Waals surface area contributed by atoms with Gasteiger partial charge >= 0.3 is 0 Å². The Morgan fingerprint density at radius 1 is 1.64 bits per heavy atom. The molecule has 78 valence electrons. The van der Waals surface area contributed by atoms with Gasteiger partial charge in [-0.25, -0.2) is 0 Å². The van der Waals surface area contributed by atoms with Crippen molar-refractivity contribution >= 4 is 5.69 Å². The lowest BCUT2D eigenvalue weighted by Gasteiger charge is -2.24. The molecule has 14 heavy (non-hydrogen) atoms. The third kappa shape index (κ3) is 2.43. The van der Waals surface area contributed by atoms with Crippen LogP contribution in [-0.4, -0.2) is 23.7 Å². The van der Waals surface area contributed by atoms with Gasteiger partial charge in [0.1, 0.15) is 0 Å². The van der Waals surface area contributed by atoms with E-state index < -0.39 is 5.60 Å². The first-order valence-corrected chi connectivity index (χ1v) is 4.65. The van der Waals surface area contributed by atoms with Gasteiger partial charge in [0, 0.05) is 23.6 Å². The van der Waals surface area contributed by atoms with Crippen LogP contribution in [0.5, 0.6) is 0 Å². The Kier molecular flexibility index (Phi) is 3.43. The topological polar surface area (TPSA) is 71.2 Å². The van der Waals surface area contributed by atoms with Crippen LogP contribution in [0.2, 0.25) is 0 Å². The lowest BCUT2D eigenvalue weighted by molar-refractivity contribution is 0.0490. The molecule has 0 radical (unpaired) electrons. The summed E-state index contributed by atoms with van der Waals surface area (Å²) in [5.74, 6) is 0. The molecular weight excluding hydrogens is 178 g/mol. The van der Waals surface area contributed by atoms with Gasteiger partial charge in [-0.1, -0.05) is 0 Å². The summed E-state index contributed by atoms with van der Waals surface area (Å²) < 4.78 is 0. The molecule has 1 atom stereocenters. The zero-order valence-electron chi connectivity index (χ0n) is 8.62. The molecule has 1 unspecified atom stereocenters. The Labute approximate surface area is 84.2 Å². The molecule has 0 spiro atoms. The summed E-state index contributed by atoms with van der Waals surface area (Å²) in [6.07, 6.45) is 3.84. The van der Waals surface area contributed by atoms with Crippen LogP contribution in [0, 0.1) is 0 Å². The number of pyridine rings is 1. The van der Waals surface area contributed by atoms with Crippen LogP contribution in [0.1, 0.15) is 18.9 Å². The van der Waals surface area contributed by atoms with E-state index in [0.29, 0.717) is 17.7 Å². The molecule has 0 aromatic carbocycles. The number of nitrogens with one attached hydrogen (secondary N) is 1. The second-order valence-corrected chi connectivity index (χ2v) is 3.59. The summed E-state index contributed by atoms with van der Waals surface area (Å²) in [6.45, 7) is 2.49. The Morgan fingerprint density at radius 3 is 2.93 bits per heavy atom. The predicted octanol–water partition coefficient (Wildman–Crippen LogP) is 0.481. The van der Waals surface area contributed by atoms with E-state index in [4.69, 9.17) is 5.73 Å². The molecular formula is C10H17N3O. The molecule has 4 nitrogen and oxygen atoms in total. The van der Waals surface area contributed by atoms with Crippen molar-refractivity contribution in [3.05, 3.63) is 24.0 Å². The largest absolute Gasteiger partial charge is 0.398 e. The first-order chi connectivity index (χ1) is 6.58. The van der Waals surface area contributed by atoms with Gasteiger partial charge in [0.05, 0.1) is 5.60 Å². The third-order valence-electron chi connectivity index (χ3n) is 2.30. The Balaban J connectivity index is 2.86. The van der Waals surface area contributed by atoms with Crippen molar-refractivity contribution < 1.29 is 5.11 Å². The smallest absolute Gasteiger partial charge is 0.0915 e. The summed E-state index contributed by atoms with van der Waals surface area (Å²) >= 11 is 0. The van der Waals surface area contributed by atoms with E-state index in [-0.39, 0.29) is 0 Å². The zero-order valence-corrected chi connectivity index (χ0v) is 8.62. The normalized spacial score (nSPS) is 15.1. The van der Waals surface area contributed by atoms with E-state index >= 15 is 0 Å². The molecule has 4 N–H and O–H groups in total. The van der Waals surface area contributed by atoms with Gasteiger partial charge in [-0.05, 0) is 33.0 Å². The molecule has 1 rings (SSSR count). The van der Waals surface area contributed by atoms with Crippen molar-refractivity contribution in [2.45, 2.75) is 18.9 Å². The lowest BCUT2D eigenvalue weighted by atomic mass is 9.93. The van der Waals surface area contributed by atoms with E-state index in [2.05, 4.69) is 10.3 Å². The van der Waals surface area contributed by atoms with E-state index in [1.54, 1.807) is 25.4 Å². The highest BCUT2D eigenvalue weighted by Crippen LogP contribution is 2.27.